The quantitative estimate of drug-likeness (QED) is 0.468. The molecule has 0 radical (unpaired) electrons. The molecule has 192 valence electrons. The van der Waals surface area contributed by atoms with Crippen molar-refractivity contribution in [2.24, 2.45) is 0 Å². The Morgan fingerprint density at radius 3 is 2.33 bits per heavy atom. The normalized spacial score (nSPS) is 20.3. The van der Waals surface area contributed by atoms with Crippen molar-refractivity contribution in [3.05, 3.63) is 58.6 Å². The third kappa shape index (κ3) is 4.97. The molecule has 1 fully saturated rings. The summed E-state index contributed by atoms with van der Waals surface area (Å²) in [6.45, 7) is 4.51. The van der Waals surface area contributed by atoms with Gasteiger partial charge in [-0.05, 0) is 42.5 Å². The van der Waals surface area contributed by atoms with Gasteiger partial charge in [0, 0.05) is 18.3 Å². The Bertz CT molecular complexity index is 1130. The van der Waals surface area contributed by atoms with Crippen molar-refractivity contribution < 1.29 is 28.9 Å². The number of nitrogens with one attached hydrogen (secondary N) is 1. The van der Waals surface area contributed by atoms with Gasteiger partial charge in [0.05, 0.1) is 30.4 Å². The van der Waals surface area contributed by atoms with Crippen LogP contribution in [0.4, 0.5) is 0 Å². The van der Waals surface area contributed by atoms with E-state index in [0.29, 0.717) is 35.1 Å². The van der Waals surface area contributed by atoms with Gasteiger partial charge in [0.25, 0.3) is 0 Å². The van der Waals surface area contributed by atoms with Gasteiger partial charge in [-0.25, -0.2) is 4.79 Å². The molecule has 4 rings (SSSR count). The molecule has 36 heavy (non-hydrogen) atoms. The maximum atomic E-state index is 13.1. The Morgan fingerprint density at radius 1 is 1.14 bits per heavy atom. The van der Waals surface area contributed by atoms with Gasteiger partial charge < -0.3 is 24.6 Å². The van der Waals surface area contributed by atoms with E-state index in [1.807, 2.05) is 56.3 Å². The molecule has 7 nitrogen and oxygen atoms in total. The van der Waals surface area contributed by atoms with E-state index in [0.717, 1.165) is 29.5 Å². The van der Waals surface area contributed by atoms with Crippen LogP contribution in [0.3, 0.4) is 0 Å². The van der Waals surface area contributed by atoms with Crippen molar-refractivity contribution in [2.45, 2.75) is 56.4 Å². The first kappa shape index (κ1) is 26.1. The first-order valence-corrected chi connectivity index (χ1v) is 13.1. The zero-order chi connectivity index (χ0) is 25.9. The van der Waals surface area contributed by atoms with Crippen LogP contribution in [0.1, 0.15) is 38.7 Å². The maximum absolute atomic E-state index is 13.1. The molecule has 2 N–H and O–H groups in total. The zero-order valence-corrected chi connectivity index (χ0v) is 21.9. The number of carboxylic acids is 1. The molecule has 2 atom stereocenters. The first-order valence-electron chi connectivity index (χ1n) is 12.2. The fourth-order valence-electron chi connectivity index (χ4n) is 4.82. The van der Waals surface area contributed by atoms with Gasteiger partial charge in [0.1, 0.15) is 17.5 Å². The lowest BCUT2D eigenvalue weighted by Crippen LogP contribution is -2.60. The van der Waals surface area contributed by atoms with E-state index in [2.05, 4.69) is 5.32 Å². The second-order valence-electron chi connectivity index (χ2n) is 9.31. The molecule has 0 saturated carbocycles. The van der Waals surface area contributed by atoms with Crippen LogP contribution in [-0.4, -0.2) is 54.6 Å². The third-order valence-corrected chi connectivity index (χ3v) is 7.61. The summed E-state index contributed by atoms with van der Waals surface area (Å²) in [5, 5.41) is 13.5. The van der Waals surface area contributed by atoms with Crippen molar-refractivity contribution in [3.8, 4) is 22.6 Å². The largest absolute Gasteiger partial charge is 0.496 e. The summed E-state index contributed by atoms with van der Waals surface area (Å²) in [6, 6.07) is 12.5. The Labute approximate surface area is 216 Å². The van der Waals surface area contributed by atoms with Crippen LogP contribution in [0.15, 0.2) is 53.1 Å². The third-order valence-electron chi connectivity index (χ3n) is 6.51. The van der Waals surface area contributed by atoms with Crippen molar-refractivity contribution >= 4 is 23.5 Å². The number of carbonyl (C=O) groups is 2. The van der Waals surface area contributed by atoms with Gasteiger partial charge in [-0.1, -0.05) is 44.2 Å². The molecule has 0 amide bonds. The number of carbonyl (C=O) groups excluding carboxylic acids is 1. The zero-order valence-electron chi connectivity index (χ0n) is 21.1. The highest BCUT2D eigenvalue weighted by molar-refractivity contribution is 8.04. The van der Waals surface area contributed by atoms with Crippen molar-refractivity contribution in [2.75, 3.05) is 20.8 Å². The lowest BCUT2D eigenvalue weighted by atomic mass is 9.77. The molecular weight excluding hydrogens is 478 g/mol. The monoisotopic (exact) mass is 511 g/mol. The van der Waals surface area contributed by atoms with E-state index in [1.54, 1.807) is 14.2 Å². The summed E-state index contributed by atoms with van der Waals surface area (Å²) >= 11 is 1.45. The second-order valence-corrected chi connectivity index (χ2v) is 10.9. The highest BCUT2D eigenvalue weighted by atomic mass is 32.2. The average molecular weight is 512 g/mol. The smallest absolute Gasteiger partial charge is 0.326 e. The SMILES string of the molecule is COc1cc(C[C@H](NC2=C(SC(C)C)C(=O)C23CCCCO3)C(=O)O)cc(OC)c1-c1ccccc1. The van der Waals surface area contributed by atoms with Crippen LogP contribution >= 0.6 is 11.8 Å². The number of rotatable bonds is 10. The highest BCUT2D eigenvalue weighted by Crippen LogP contribution is 2.48. The fourth-order valence-corrected chi connectivity index (χ4v) is 5.90. The number of hydrogen-bond donors (Lipinski definition) is 2. The van der Waals surface area contributed by atoms with Crippen LogP contribution in [0.2, 0.25) is 0 Å². The molecule has 1 aliphatic carbocycles. The van der Waals surface area contributed by atoms with Gasteiger partial charge in [0.15, 0.2) is 5.60 Å². The highest BCUT2D eigenvalue weighted by Gasteiger charge is 2.56. The van der Waals surface area contributed by atoms with Crippen LogP contribution in [0, 0.1) is 0 Å². The standard InChI is InChI=1S/C28H33NO6S/c1-17(2)36-24-25(28(26(24)30)12-8-9-13-35-28)29-20(27(31)32)14-18-15-21(33-3)23(22(16-18)34-4)19-10-6-5-7-11-19/h5-7,10-11,15-17,20,29H,8-9,12-14H2,1-4H3,(H,31,32)/t20-,28?/m0/s1. The number of benzene rings is 2. The predicted molar refractivity (Wildman–Crippen MR) is 141 cm³/mol. The van der Waals surface area contributed by atoms with Crippen molar-refractivity contribution in [1.82, 2.24) is 5.32 Å². The fraction of sp³-hybridized carbons (Fsp3) is 0.429. The Kier molecular flexibility index (Phi) is 7.95. The molecule has 0 bridgehead atoms. The van der Waals surface area contributed by atoms with E-state index < -0.39 is 17.6 Å². The van der Waals surface area contributed by atoms with E-state index in [1.165, 1.54) is 11.8 Å². The molecule has 2 aliphatic rings. The number of methoxy groups -OCH3 is 2. The van der Waals surface area contributed by atoms with E-state index in [4.69, 9.17) is 14.2 Å². The van der Waals surface area contributed by atoms with Gasteiger partial charge in [0.2, 0.25) is 5.78 Å². The van der Waals surface area contributed by atoms with E-state index in [-0.39, 0.29) is 17.5 Å². The van der Waals surface area contributed by atoms with Gasteiger partial charge in [-0.15, -0.1) is 11.8 Å². The van der Waals surface area contributed by atoms with Crippen LogP contribution in [0.25, 0.3) is 11.1 Å². The second kappa shape index (κ2) is 11.0. The summed E-state index contributed by atoms with van der Waals surface area (Å²) in [5.74, 6) is 0.150. The van der Waals surface area contributed by atoms with Gasteiger partial charge >= 0.3 is 5.97 Å². The lowest BCUT2D eigenvalue weighted by Gasteiger charge is -2.47. The molecular formula is C28H33NO6S. The minimum absolute atomic E-state index is 0.0388. The molecule has 8 heteroatoms. The summed E-state index contributed by atoms with van der Waals surface area (Å²) in [5.41, 5.74) is 2.05. The molecule has 0 aromatic heterocycles. The van der Waals surface area contributed by atoms with Gasteiger partial charge in [-0.3, -0.25) is 4.79 Å². The summed E-state index contributed by atoms with van der Waals surface area (Å²) in [6.07, 6.45) is 2.49. The topological polar surface area (TPSA) is 94.1 Å². The number of thioether (sulfide) groups is 1. The van der Waals surface area contributed by atoms with Crippen LogP contribution in [-0.2, 0) is 20.7 Å². The molecule has 1 saturated heterocycles. The van der Waals surface area contributed by atoms with Crippen LogP contribution in [0.5, 0.6) is 11.5 Å². The number of ether oxygens (including phenoxy) is 3. The summed E-state index contributed by atoms with van der Waals surface area (Å²) in [7, 11) is 3.17. The molecule has 2 aromatic rings. The number of Topliss-reactive ketones (excluding diaryl/α,β-unsaturated/α-hetero) is 1. The van der Waals surface area contributed by atoms with Crippen molar-refractivity contribution in [1.29, 1.82) is 0 Å². The molecule has 2 aromatic carbocycles. The maximum Gasteiger partial charge on any atom is 0.326 e. The average Bonchev–Trinajstić information content (AvgIpc) is 2.89. The molecule has 1 aliphatic heterocycles. The van der Waals surface area contributed by atoms with Gasteiger partial charge in [-0.2, -0.15) is 0 Å². The Balaban J connectivity index is 1.67. The summed E-state index contributed by atoms with van der Waals surface area (Å²) < 4.78 is 17.3. The summed E-state index contributed by atoms with van der Waals surface area (Å²) in [4.78, 5) is 26.1. The van der Waals surface area contributed by atoms with E-state index in [9.17, 15) is 14.7 Å². The Morgan fingerprint density at radius 2 is 1.81 bits per heavy atom. The first-order chi connectivity index (χ1) is 17.3. The van der Waals surface area contributed by atoms with Crippen molar-refractivity contribution in [3.63, 3.8) is 0 Å². The number of carboxylic acid groups (broad SMARTS) is 1. The number of ketones is 1. The lowest BCUT2D eigenvalue weighted by molar-refractivity contribution is -0.148. The molecule has 1 unspecified atom stereocenters. The predicted octanol–water partition coefficient (Wildman–Crippen LogP) is 4.83. The Hall–Kier alpha value is -2.97. The molecule has 1 heterocycles. The number of hydrogen-bond acceptors (Lipinski definition) is 7. The minimum Gasteiger partial charge on any atom is -0.496 e. The molecule has 1 spiro atoms. The number of aliphatic carboxylic acids is 1. The minimum atomic E-state index is -1.05. The van der Waals surface area contributed by atoms with E-state index >= 15 is 0 Å². The van der Waals surface area contributed by atoms with Crippen LogP contribution < -0.4 is 14.8 Å².